The number of carbonyl (C=O) groups is 2. The van der Waals surface area contributed by atoms with Crippen molar-refractivity contribution in [2.45, 2.75) is 125 Å². The van der Waals surface area contributed by atoms with Gasteiger partial charge in [-0.05, 0) is 67.4 Å². The summed E-state index contributed by atoms with van der Waals surface area (Å²) in [6, 6.07) is 17.2. The summed E-state index contributed by atoms with van der Waals surface area (Å²) in [5.41, 5.74) is -5.58. The molecule has 7 aliphatic rings. The number of aliphatic hydroxyl groups is 4. The van der Waals surface area contributed by atoms with Crippen molar-refractivity contribution in [3.63, 3.8) is 0 Å². The number of benzene rings is 2. The minimum absolute atomic E-state index is 0.0865. The second-order valence-corrected chi connectivity index (χ2v) is 17.8. The lowest BCUT2D eigenvalue weighted by molar-refractivity contribution is -0.459. The second-order valence-electron chi connectivity index (χ2n) is 17.8. The summed E-state index contributed by atoms with van der Waals surface area (Å²) in [5.74, 6) is -6.91. The van der Waals surface area contributed by atoms with Crippen molar-refractivity contribution in [1.29, 1.82) is 0 Å². The molecule has 3 bridgehead atoms. The predicted molar refractivity (Wildman–Crippen MR) is 199 cm³/mol. The smallest absolute Gasteiger partial charge is 0.338 e. The standard InChI is InChI=1S/C44H54O12/c1-24(2)40-21-29(22-51-37(47)27-16-10-7-11-17-27)43-32-35(40)54-44(55-40,56-43)30(46)20-14-6-5-9-15-25(3)31-26(4)34(52-38(48)28-18-12-8-13-19-28)42(50,33(31)43)39(49)41(23-45)36(32)53-41/h7-8,10-13,16-19,25-26,29-36,39,45-46,49-50H,1,5-6,9,14-15,20-23H2,2-4H3/t25-,26?,29-,30-,31?,32+,33+,34-,35+,36?,39+,40?,41-,42+,43+,44?/m0/s1. The fourth-order valence-corrected chi connectivity index (χ4v) is 12.4. The van der Waals surface area contributed by atoms with Gasteiger partial charge in [-0.3, -0.25) is 0 Å². The number of aliphatic hydroxyl groups excluding tert-OH is 3. The first-order valence-electron chi connectivity index (χ1n) is 20.4. The molecule has 0 radical (unpaired) electrons. The Bertz CT molecular complexity index is 1860. The van der Waals surface area contributed by atoms with Gasteiger partial charge in [-0.1, -0.05) is 88.9 Å². The third-order valence-corrected chi connectivity index (χ3v) is 14.9. The molecule has 4 aliphatic heterocycles. The number of hydrogen-bond acceptors (Lipinski definition) is 12. The van der Waals surface area contributed by atoms with E-state index in [1.807, 2.05) is 19.9 Å². The van der Waals surface area contributed by atoms with Gasteiger partial charge in [0.05, 0.1) is 29.9 Å². The Morgan fingerprint density at radius 3 is 2.16 bits per heavy atom. The van der Waals surface area contributed by atoms with Crippen LogP contribution in [-0.2, 0) is 28.4 Å². The van der Waals surface area contributed by atoms with Gasteiger partial charge in [0.2, 0.25) is 0 Å². The fraction of sp³-hybridized carbons (Fsp3) is 0.636. The lowest BCUT2D eigenvalue weighted by Gasteiger charge is -2.62. The largest absolute Gasteiger partial charge is 0.462 e. The quantitative estimate of drug-likeness (QED) is 0.179. The average molecular weight is 775 g/mol. The molecular formula is C44H54O12. The first-order chi connectivity index (χ1) is 26.8. The van der Waals surface area contributed by atoms with E-state index in [0.717, 1.165) is 25.7 Å². The van der Waals surface area contributed by atoms with E-state index in [0.29, 0.717) is 24.0 Å². The van der Waals surface area contributed by atoms with E-state index in [1.54, 1.807) is 54.6 Å². The van der Waals surface area contributed by atoms with Gasteiger partial charge in [0.25, 0.3) is 0 Å². The van der Waals surface area contributed by atoms with Gasteiger partial charge in [0.15, 0.2) is 0 Å². The normalized spacial score (nSPS) is 47.3. The molecular weight excluding hydrogens is 720 g/mol. The molecule has 2 aromatic carbocycles. The Hall–Kier alpha value is -3.20. The van der Waals surface area contributed by atoms with E-state index in [9.17, 15) is 30.0 Å². The number of ether oxygens (including phenoxy) is 6. The highest BCUT2D eigenvalue weighted by atomic mass is 16.9. The van der Waals surface area contributed by atoms with Crippen LogP contribution in [0.4, 0.5) is 0 Å². The van der Waals surface area contributed by atoms with Crippen LogP contribution in [0.1, 0.15) is 86.4 Å². The van der Waals surface area contributed by atoms with E-state index in [1.165, 1.54) is 0 Å². The Morgan fingerprint density at radius 1 is 0.875 bits per heavy atom. The van der Waals surface area contributed by atoms with Crippen LogP contribution in [0.3, 0.4) is 0 Å². The topological polar surface area (TPSA) is 174 Å². The van der Waals surface area contributed by atoms with Gasteiger partial charge in [-0.2, -0.15) is 0 Å². The van der Waals surface area contributed by atoms with Crippen molar-refractivity contribution in [3.8, 4) is 0 Å². The molecule has 0 aromatic heterocycles. The molecule has 302 valence electrons. The molecule has 9 rings (SSSR count). The Morgan fingerprint density at radius 2 is 1.52 bits per heavy atom. The highest BCUT2D eigenvalue weighted by molar-refractivity contribution is 5.90. The summed E-state index contributed by atoms with van der Waals surface area (Å²) >= 11 is 0. The van der Waals surface area contributed by atoms with Crippen molar-refractivity contribution in [2.24, 2.45) is 35.5 Å². The zero-order valence-electron chi connectivity index (χ0n) is 32.3. The van der Waals surface area contributed by atoms with Crippen LogP contribution in [-0.4, -0.2) is 104 Å². The van der Waals surface area contributed by atoms with Crippen LogP contribution in [0.15, 0.2) is 72.8 Å². The van der Waals surface area contributed by atoms with Crippen molar-refractivity contribution in [1.82, 2.24) is 0 Å². The van der Waals surface area contributed by atoms with Crippen molar-refractivity contribution >= 4 is 11.9 Å². The molecule has 16 atom stereocenters. The summed E-state index contributed by atoms with van der Waals surface area (Å²) in [5, 5.41) is 50.1. The van der Waals surface area contributed by atoms with Gasteiger partial charge in [0.1, 0.15) is 47.3 Å². The Kier molecular flexibility index (Phi) is 9.19. The van der Waals surface area contributed by atoms with Crippen LogP contribution in [0.25, 0.3) is 0 Å². The Labute approximate surface area is 327 Å². The van der Waals surface area contributed by atoms with Gasteiger partial charge in [-0.15, -0.1) is 0 Å². The maximum absolute atomic E-state index is 14.0. The van der Waals surface area contributed by atoms with Crippen molar-refractivity contribution in [2.75, 3.05) is 13.2 Å². The average Bonchev–Trinajstić information content (AvgIpc) is 3.84. The number of fused-ring (bicyclic) bond motifs is 1. The predicted octanol–water partition coefficient (Wildman–Crippen LogP) is 4.33. The van der Waals surface area contributed by atoms with Gasteiger partial charge < -0.3 is 48.8 Å². The first-order valence-corrected chi connectivity index (χ1v) is 20.4. The van der Waals surface area contributed by atoms with E-state index >= 15 is 0 Å². The number of epoxide rings is 1. The summed E-state index contributed by atoms with van der Waals surface area (Å²) in [6.45, 7) is 9.43. The third kappa shape index (κ3) is 5.12. The molecule has 3 aliphatic carbocycles. The molecule has 56 heavy (non-hydrogen) atoms. The monoisotopic (exact) mass is 774 g/mol. The van der Waals surface area contributed by atoms with Crippen molar-refractivity contribution in [3.05, 3.63) is 83.9 Å². The maximum atomic E-state index is 14.0. The fourth-order valence-electron chi connectivity index (χ4n) is 12.4. The van der Waals surface area contributed by atoms with Crippen LogP contribution in [0, 0.1) is 35.5 Å². The van der Waals surface area contributed by atoms with Crippen LogP contribution >= 0.6 is 0 Å². The zero-order chi connectivity index (χ0) is 39.4. The molecule has 5 unspecified atom stereocenters. The number of hydrogen-bond donors (Lipinski definition) is 4. The molecule has 4 N–H and O–H groups in total. The minimum atomic E-state index is -2.27. The SMILES string of the molecule is C=C(C)C12C[C@@H](COC(=O)c3ccccc3)[C@@]34OC5(O[C@@H]1[C@@H]3C1O[C@]1(CO)[C@@H](O)[C@@]1(O)[C@H]4C(C(C)[C@@H]1OC(=O)c1ccccc1)[C@@H](C)CCCCCC[C@@H]5O)O2. The van der Waals surface area contributed by atoms with Gasteiger partial charge >= 0.3 is 17.9 Å². The molecule has 3 saturated carbocycles. The first kappa shape index (κ1) is 38.3. The van der Waals surface area contributed by atoms with E-state index < -0.39 is 107 Å². The molecule has 2 spiro atoms. The summed E-state index contributed by atoms with van der Waals surface area (Å²) in [6.07, 6.45) is -1.51. The molecule has 12 heteroatoms. The summed E-state index contributed by atoms with van der Waals surface area (Å²) in [7, 11) is 0. The molecule has 2 aromatic rings. The Balaban J connectivity index is 1.28. The van der Waals surface area contributed by atoms with E-state index in [2.05, 4.69) is 13.5 Å². The highest BCUT2D eigenvalue weighted by Gasteiger charge is 2.91. The van der Waals surface area contributed by atoms with Crippen LogP contribution < -0.4 is 0 Å². The van der Waals surface area contributed by atoms with Crippen molar-refractivity contribution < 1.29 is 58.4 Å². The molecule has 0 amide bonds. The summed E-state index contributed by atoms with van der Waals surface area (Å²) in [4.78, 5) is 27.7. The number of carbonyl (C=O) groups excluding carboxylic acids is 2. The van der Waals surface area contributed by atoms with Gasteiger partial charge in [-0.25, -0.2) is 9.59 Å². The van der Waals surface area contributed by atoms with E-state index in [-0.39, 0.29) is 24.5 Å². The maximum Gasteiger partial charge on any atom is 0.338 e. The molecule has 4 heterocycles. The number of esters is 2. The van der Waals surface area contributed by atoms with Crippen LogP contribution in [0.2, 0.25) is 0 Å². The zero-order valence-corrected chi connectivity index (χ0v) is 32.3. The minimum Gasteiger partial charge on any atom is -0.462 e. The van der Waals surface area contributed by atoms with Gasteiger partial charge in [0, 0.05) is 17.8 Å². The lowest BCUT2D eigenvalue weighted by atomic mass is 9.51. The molecule has 7 fully saturated rings. The summed E-state index contributed by atoms with van der Waals surface area (Å²) < 4.78 is 40.4. The third-order valence-electron chi connectivity index (χ3n) is 14.9. The highest BCUT2D eigenvalue weighted by Crippen LogP contribution is 2.75. The van der Waals surface area contributed by atoms with Crippen LogP contribution in [0.5, 0.6) is 0 Å². The second kappa shape index (κ2) is 13.4. The molecule has 4 saturated heterocycles. The van der Waals surface area contributed by atoms with E-state index in [4.69, 9.17) is 28.4 Å². The lowest BCUT2D eigenvalue weighted by Crippen LogP contribution is -2.75. The molecule has 12 nitrogen and oxygen atoms in total. The number of rotatable bonds is 7.